The molecule has 1 aliphatic rings. The van der Waals surface area contributed by atoms with Crippen LogP contribution in [0.4, 0.5) is 22.0 Å². The Morgan fingerprint density at radius 2 is 1.71 bits per heavy atom. The number of carbonyl (C=O) groups is 2. The quantitative estimate of drug-likeness (QED) is 0.290. The first-order valence-electron chi connectivity index (χ1n) is 13.0. The summed E-state index contributed by atoms with van der Waals surface area (Å²) < 4.78 is 7.30. The van der Waals surface area contributed by atoms with Crippen LogP contribution >= 0.6 is 0 Å². The number of nitrogens with one attached hydrogen (secondary N) is 2. The number of rotatable bonds is 6. The van der Waals surface area contributed by atoms with E-state index < -0.39 is 11.9 Å². The van der Waals surface area contributed by atoms with Gasteiger partial charge in [-0.05, 0) is 42.5 Å². The SMILES string of the molecule is Cn1cc(-c2cnc3c(N4CCOCC4)nc(-c4ccc(NC(=O)Nc5ccccc5C(N)=O)cc4)nc3c2)cn1. The number of aryl methyl sites for hydroxylation is 1. The summed E-state index contributed by atoms with van der Waals surface area (Å²) in [4.78, 5) is 40.9. The molecule has 0 radical (unpaired) electrons. The topological polar surface area (TPSA) is 153 Å². The summed E-state index contributed by atoms with van der Waals surface area (Å²) in [6.07, 6.45) is 5.55. The predicted octanol–water partition coefficient (Wildman–Crippen LogP) is 3.67. The molecule has 2 aromatic carbocycles. The van der Waals surface area contributed by atoms with Crippen LogP contribution < -0.4 is 21.3 Å². The minimum atomic E-state index is -0.625. The van der Waals surface area contributed by atoms with Crippen LogP contribution in [0.1, 0.15) is 10.4 Å². The van der Waals surface area contributed by atoms with Crippen molar-refractivity contribution in [2.75, 3.05) is 41.8 Å². The second-order valence-electron chi connectivity index (χ2n) is 9.53. The van der Waals surface area contributed by atoms with Gasteiger partial charge in [0.05, 0.1) is 36.2 Å². The van der Waals surface area contributed by atoms with Crippen LogP contribution in [0, 0.1) is 0 Å². The Bertz CT molecular complexity index is 1740. The number of anilines is 3. The third kappa shape index (κ3) is 5.54. The van der Waals surface area contributed by atoms with E-state index >= 15 is 0 Å². The van der Waals surface area contributed by atoms with Crippen LogP contribution in [-0.4, -0.2) is 63.0 Å². The second kappa shape index (κ2) is 11.0. The molecule has 1 saturated heterocycles. The molecular weight excluding hydrogens is 522 g/mol. The molecule has 0 atom stereocenters. The third-order valence-corrected chi connectivity index (χ3v) is 6.71. The summed E-state index contributed by atoms with van der Waals surface area (Å²) in [5.74, 6) is 0.663. The lowest BCUT2D eigenvalue weighted by Crippen LogP contribution is -2.37. The molecule has 12 nitrogen and oxygen atoms in total. The number of hydrogen-bond donors (Lipinski definition) is 3. The van der Waals surface area contributed by atoms with Crippen LogP contribution in [0.2, 0.25) is 0 Å². The Hall–Kier alpha value is -5.36. The number of para-hydroxylation sites is 1. The Morgan fingerprint density at radius 1 is 0.927 bits per heavy atom. The number of morpholine rings is 1. The number of primary amides is 1. The Labute approximate surface area is 235 Å². The van der Waals surface area contributed by atoms with Gasteiger partial charge in [0.2, 0.25) is 0 Å². The lowest BCUT2D eigenvalue weighted by molar-refractivity contribution is 0.100. The zero-order valence-corrected chi connectivity index (χ0v) is 22.2. The van der Waals surface area contributed by atoms with Crippen molar-refractivity contribution in [2.24, 2.45) is 12.8 Å². The van der Waals surface area contributed by atoms with Gasteiger partial charge < -0.3 is 26.0 Å². The van der Waals surface area contributed by atoms with Crippen LogP contribution in [0.5, 0.6) is 0 Å². The smallest absolute Gasteiger partial charge is 0.323 e. The fourth-order valence-electron chi connectivity index (χ4n) is 4.65. The molecule has 0 bridgehead atoms. The van der Waals surface area contributed by atoms with Gasteiger partial charge in [0.1, 0.15) is 5.52 Å². The van der Waals surface area contributed by atoms with Gasteiger partial charge in [-0.2, -0.15) is 5.10 Å². The van der Waals surface area contributed by atoms with Crippen LogP contribution in [0.25, 0.3) is 33.5 Å². The molecule has 206 valence electrons. The molecule has 0 unspecified atom stereocenters. The van der Waals surface area contributed by atoms with E-state index in [0.717, 1.165) is 28.0 Å². The summed E-state index contributed by atoms with van der Waals surface area (Å²) in [5, 5.41) is 9.71. The average Bonchev–Trinajstić information content (AvgIpc) is 3.43. The monoisotopic (exact) mass is 549 g/mol. The van der Waals surface area contributed by atoms with Crippen LogP contribution in [-0.2, 0) is 11.8 Å². The van der Waals surface area contributed by atoms with Crippen LogP contribution in [0.15, 0.2) is 73.2 Å². The molecule has 0 saturated carbocycles. The number of aromatic nitrogens is 5. The maximum absolute atomic E-state index is 12.6. The molecule has 41 heavy (non-hydrogen) atoms. The average molecular weight is 550 g/mol. The van der Waals surface area contributed by atoms with E-state index in [9.17, 15) is 9.59 Å². The van der Waals surface area contributed by atoms with Gasteiger partial charge in [-0.1, -0.05) is 12.1 Å². The molecule has 4 heterocycles. The lowest BCUT2D eigenvalue weighted by atomic mass is 10.1. The van der Waals surface area contributed by atoms with Gasteiger partial charge in [0.25, 0.3) is 5.91 Å². The van der Waals surface area contributed by atoms with Gasteiger partial charge in [-0.15, -0.1) is 0 Å². The normalized spacial score (nSPS) is 13.2. The second-order valence-corrected chi connectivity index (χ2v) is 9.53. The summed E-state index contributed by atoms with van der Waals surface area (Å²) in [5.41, 5.74) is 10.6. The van der Waals surface area contributed by atoms with E-state index in [1.807, 2.05) is 37.6 Å². The minimum absolute atomic E-state index is 0.226. The lowest BCUT2D eigenvalue weighted by Gasteiger charge is -2.28. The van der Waals surface area contributed by atoms with Crippen LogP contribution in [0.3, 0.4) is 0 Å². The van der Waals surface area contributed by atoms with E-state index in [2.05, 4.69) is 20.6 Å². The van der Waals surface area contributed by atoms with Gasteiger partial charge in [-0.25, -0.2) is 14.8 Å². The molecule has 6 rings (SSSR count). The van der Waals surface area contributed by atoms with E-state index in [0.29, 0.717) is 49.0 Å². The minimum Gasteiger partial charge on any atom is -0.378 e. The summed E-state index contributed by atoms with van der Waals surface area (Å²) in [6.45, 7) is 2.63. The van der Waals surface area contributed by atoms with Crippen molar-refractivity contribution >= 4 is 40.2 Å². The molecule has 12 heteroatoms. The Kier molecular flexibility index (Phi) is 6.96. The first kappa shape index (κ1) is 25.9. The highest BCUT2D eigenvalue weighted by atomic mass is 16.5. The maximum Gasteiger partial charge on any atom is 0.323 e. The van der Waals surface area contributed by atoms with Gasteiger partial charge in [-0.3, -0.25) is 14.5 Å². The highest BCUT2D eigenvalue weighted by Crippen LogP contribution is 2.30. The molecule has 3 aromatic heterocycles. The zero-order chi connectivity index (χ0) is 28.3. The number of fused-ring (bicyclic) bond motifs is 1. The highest BCUT2D eigenvalue weighted by molar-refractivity contribution is 6.06. The van der Waals surface area contributed by atoms with Gasteiger partial charge in [0, 0.05) is 54.9 Å². The molecule has 5 aromatic rings. The van der Waals surface area contributed by atoms with E-state index in [4.69, 9.17) is 25.4 Å². The zero-order valence-electron chi connectivity index (χ0n) is 22.2. The molecular formula is C29H27N9O3. The number of nitrogens with two attached hydrogens (primary N) is 1. The first-order valence-corrected chi connectivity index (χ1v) is 13.0. The predicted molar refractivity (Wildman–Crippen MR) is 156 cm³/mol. The van der Waals surface area contributed by atoms with Gasteiger partial charge in [0.15, 0.2) is 11.6 Å². The van der Waals surface area contributed by atoms with Crippen molar-refractivity contribution in [1.82, 2.24) is 24.7 Å². The molecule has 3 amide bonds. The number of urea groups is 1. The Morgan fingerprint density at radius 3 is 2.44 bits per heavy atom. The van der Waals surface area contributed by atoms with Crippen molar-refractivity contribution < 1.29 is 14.3 Å². The van der Waals surface area contributed by atoms with Crippen molar-refractivity contribution in [2.45, 2.75) is 0 Å². The molecule has 1 fully saturated rings. The summed E-state index contributed by atoms with van der Waals surface area (Å²) in [7, 11) is 1.87. The number of pyridine rings is 1. The maximum atomic E-state index is 12.6. The third-order valence-electron chi connectivity index (χ3n) is 6.71. The molecule has 1 aliphatic heterocycles. The van der Waals surface area contributed by atoms with Gasteiger partial charge >= 0.3 is 6.03 Å². The first-order chi connectivity index (χ1) is 19.9. The fraction of sp³-hybridized carbons (Fsp3) is 0.172. The fourth-order valence-corrected chi connectivity index (χ4v) is 4.65. The summed E-state index contributed by atoms with van der Waals surface area (Å²) in [6, 6.07) is 15.3. The standard InChI is InChI=1S/C29H27N9O3/c1-37-17-20(16-32-37)19-14-24-25(31-15-19)28(38-10-12-41-13-11-38)36-27(34-24)18-6-8-21(9-7-18)33-29(40)35-23-5-3-2-4-22(23)26(30)39/h2-9,14-17H,10-13H2,1H3,(H2,30,39)(H2,33,35,40). The van der Waals surface area contributed by atoms with Crippen molar-refractivity contribution in [3.05, 3.63) is 78.8 Å². The molecule has 4 N–H and O–H groups in total. The number of carbonyl (C=O) groups excluding carboxylic acids is 2. The number of nitrogens with zero attached hydrogens (tertiary/aromatic N) is 6. The van der Waals surface area contributed by atoms with Crippen molar-refractivity contribution in [1.29, 1.82) is 0 Å². The Balaban J connectivity index is 1.29. The number of ether oxygens (including phenoxy) is 1. The van der Waals surface area contributed by atoms with Crippen molar-refractivity contribution in [3.8, 4) is 22.5 Å². The summed E-state index contributed by atoms with van der Waals surface area (Å²) >= 11 is 0. The van der Waals surface area contributed by atoms with E-state index in [1.165, 1.54) is 0 Å². The highest BCUT2D eigenvalue weighted by Gasteiger charge is 2.20. The van der Waals surface area contributed by atoms with E-state index in [1.54, 1.807) is 47.3 Å². The number of amides is 3. The van der Waals surface area contributed by atoms with Crippen molar-refractivity contribution in [3.63, 3.8) is 0 Å². The molecule has 0 spiro atoms. The van der Waals surface area contributed by atoms with E-state index in [-0.39, 0.29) is 5.56 Å². The number of benzene rings is 2. The largest absolute Gasteiger partial charge is 0.378 e. The molecule has 0 aliphatic carbocycles. The number of hydrogen-bond acceptors (Lipinski definition) is 8.